The van der Waals surface area contributed by atoms with E-state index in [0.717, 1.165) is 35.4 Å². The molecule has 1 saturated heterocycles. The molecule has 1 aromatic heterocycles. The molecule has 1 amide bonds. The van der Waals surface area contributed by atoms with Gasteiger partial charge in [0.05, 0.1) is 17.7 Å². The molecule has 1 aliphatic heterocycles. The highest BCUT2D eigenvalue weighted by Gasteiger charge is 2.23. The molecule has 0 radical (unpaired) electrons. The van der Waals surface area contributed by atoms with Gasteiger partial charge in [-0.3, -0.25) is 14.7 Å². The number of likely N-dealkylation sites (tertiary alicyclic amines) is 1. The summed E-state index contributed by atoms with van der Waals surface area (Å²) in [5.74, 6) is -2.27. The molecule has 0 aliphatic carbocycles. The molecular formula is C21H27N3O5. The highest BCUT2D eigenvalue weighted by atomic mass is 16.4. The Bertz CT molecular complexity index is 877. The first-order chi connectivity index (χ1) is 13.7. The Balaban J connectivity index is 0.000000438. The Morgan fingerprint density at radius 1 is 1.10 bits per heavy atom. The number of fused-ring (bicyclic) bond motifs is 1. The quantitative estimate of drug-likeness (QED) is 0.676. The van der Waals surface area contributed by atoms with Crippen molar-refractivity contribution in [3.05, 3.63) is 36.0 Å². The number of para-hydroxylation sites is 1. The van der Waals surface area contributed by atoms with E-state index in [4.69, 9.17) is 19.8 Å². The van der Waals surface area contributed by atoms with Gasteiger partial charge in [0.15, 0.2) is 0 Å². The number of carbonyl (C=O) groups is 3. The van der Waals surface area contributed by atoms with Gasteiger partial charge in [0, 0.05) is 24.2 Å². The third-order valence-electron chi connectivity index (χ3n) is 4.61. The normalized spacial score (nSPS) is 19.1. The minimum Gasteiger partial charge on any atom is -0.473 e. The molecule has 1 aromatic carbocycles. The number of aliphatic carboxylic acids is 2. The van der Waals surface area contributed by atoms with E-state index in [1.54, 1.807) is 0 Å². The first-order valence-corrected chi connectivity index (χ1v) is 9.50. The van der Waals surface area contributed by atoms with Crippen molar-refractivity contribution in [2.75, 3.05) is 25.0 Å². The summed E-state index contributed by atoms with van der Waals surface area (Å²) in [5.41, 5.74) is 2.69. The van der Waals surface area contributed by atoms with Crippen LogP contribution in [0.3, 0.4) is 0 Å². The molecule has 2 aromatic rings. The molecule has 3 N–H and O–H groups in total. The van der Waals surface area contributed by atoms with E-state index in [1.807, 2.05) is 37.3 Å². The summed E-state index contributed by atoms with van der Waals surface area (Å²) in [4.78, 5) is 37.5. The molecule has 29 heavy (non-hydrogen) atoms. The van der Waals surface area contributed by atoms with Gasteiger partial charge in [0.2, 0.25) is 5.91 Å². The van der Waals surface area contributed by atoms with Gasteiger partial charge in [-0.2, -0.15) is 0 Å². The summed E-state index contributed by atoms with van der Waals surface area (Å²) < 4.78 is 0. The number of piperidine rings is 1. The number of carboxylic acids is 2. The van der Waals surface area contributed by atoms with Gasteiger partial charge in [-0.25, -0.2) is 9.59 Å². The van der Waals surface area contributed by atoms with Crippen LogP contribution in [0.1, 0.15) is 26.0 Å². The van der Waals surface area contributed by atoms with Crippen molar-refractivity contribution in [3.8, 4) is 0 Å². The Hall–Kier alpha value is -3.00. The van der Waals surface area contributed by atoms with Crippen molar-refractivity contribution >= 4 is 34.4 Å². The van der Waals surface area contributed by atoms with Crippen molar-refractivity contribution in [1.29, 1.82) is 0 Å². The number of benzene rings is 1. The van der Waals surface area contributed by atoms with Crippen LogP contribution in [0.5, 0.6) is 0 Å². The zero-order valence-corrected chi connectivity index (χ0v) is 16.9. The number of carbonyl (C=O) groups excluding carboxylic acids is 1. The number of nitrogens with zero attached hydrogens (tertiary/aromatic N) is 2. The lowest BCUT2D eigenvalue weighted by atomic mass is 9.92. The second-order valence-corrected chi connectivity index (χ2v) is 7.63. The zero-order valence-electron chi connectivity index (χ0n) is 16.9. The summed E-state index contributed by atoms with van der Waals surface area (Å²) in [6.45, 7) is 8.96. The molecule has 2 atom stereocenters. The van der Waals surface area contributed by atoms with E-state index in [-0.39, 0.29) is 5.91 Å². The third kappa shape index (κ3) is 6.83. The number of anilines is 1. The lowest BCUT2D eigenvalue weighted by molar-refractivity contribution is -0.159. The summed E-state index contributed by atoms with van der Waals surface area (Å²) in [6.07, 6.45) is 1.26. The fourth-order valence-electron chi connectivity index (χ4n) is 3.73. The average molecular weight is 401 g/mol. The van der Waals surface area contributed by atoms with Gasteiger partial charge in [-0.05, 0) is 37.3 Å². The molecule has 0 bridgehead atoms. The first-order valence-electron chi connectivity index (χ1n) is 9.50. The number of aryl methyl sites for hydroxylation is 1. The fraction of sp³-hybridized carbons (Fsp3) is 0.429. The first kappa shape index (κ1) is 22.3. The molecule has 1 aliphatic rings. The predicted octanol–water partition coefficient (Wildman–Crippen LogP) is 2.62. The van der Waals surface area contributed by atoms with Gasteiger partial charge >= 0.3 is 11.9 Å². The third-order valence-corrected chi connectivity index (χ3v) is 4.61. The standard InChI is InChI=1S/C19H25N3O.C2H2O4/c1-13-8-14(2)11-22(10-13)12-19(23)21-18-9-15(3)20-17-7-5-4-6-16(17)18;3-1(4)2(5)6/h4-7,9,13-14H,8,10-12H2,1-3H3,(H,20,21,23);(H,3,4)(H,5,6). The van der Waals surface area contributed by atoms with Crippen LogP contribution in [0.2, 0.25) is 0 Å². The molecule has 3 rings (SSSR count). The van der Waals surface area contributed by atoms with Gasteiger partial charge in [0.25, 0.3) is 0 Å². The zero-order chi connectivity index (χ0) is 21.6. The Morgan fingerprint density at radius 2 is 1.69 bits per heavy atom. The Kier molecular flexibility index (Phi) is 7.67. The van der Waals surface area contributed by atoms with Crippen LogP contribution in [0.15, 0.2) is 30.3 Å². The van der Waals surface area contributed by atoms with Crippen molar-refractivity contribution in [3.63, 3.8) is 0 Å². The van der Waals surface area contributed by atoms with E-state index in [1.165, 1.54) is 6.42 Å². The van der Waals surface area contributed by atoms with Crippen LogP contribution in [0, 0.1) is 18.8 Å². The highest BCUT2D eigenvalue weighted by Crippen LogP contribution is 2.24. The van der Waals surface area contributed by atoms with Crippen molar-refractivity contribution in [2.45, 2.75) is 27.2 Å². The maximum absolute atomic E-state index is 12.5. The lowest BCUT2D eigenvalue weighted by Gasteiger charge is -2.34. The van der Waals surface area contributed by atoms with Gasteiger partial charge in [-0.15, -0.1) is 0 Å². The van der Waals surface area contributed by atoms with E-state index < -0.39 is 11.9 Å². The van der Waals surface area contributed by atoms with Gasteiger partial charge in [0.1, 0.15) is 0 Å². The van der Waals surface area contributed by atoms with E-state index in [9.17, 15) is 4.79 Å². The average Bonchev–Trinajstić information content (AvgIpc) is 2.61. The summed E-state index contributed by atoms with van der Waals surface area (Å²) in [7, 11) is 0. The number of pyridine rings is 1. The van der Waals surface area contributed by atoms with Gasteiger partial charge in [-0.1, -0.05) is 32.0 Å². The van der Waals surface area contributed by atoms with Crippen molar-refractivity contribution < 1.29 is 24.6 Å². The minimum absolute atomic E-state index is 0.0575. The molecule has 2 heterocycles. The second kappa shape index (κ2) is 9.97. The molecule has 0 spiro atoms. The van der Waals surface area contributed by atoms with Crippen LogP contribution < -0.4 is 5.32 Å². The Morgan fingerprint density at radius 3 is 2.28 bits per heavy atom. The summed E-state index contributed by atoms with van der Waals surface area (Å²) in [5, 5.41) is 18.9. The number of nitrogens with one attached hydrogen (secondary N) is 1. The molecule has 156 valence electrons. The SMILES string of the molecule is Cc1cc(NC(=O)CN2CC(C)CC(C)C2)c2ccccc2n1.O=C(O)C(=O)O. The van der Waals surface area contributed by atoms with Crippen LogP contribution >= 0.6 is 0 Å². The molecule has 1 fully saturated rings. The minimum atomic E-state index is -1.82. The lowest BCUT2D eigenvalue weighted by Crippen LogP contribution is -2.42. The number of hydrogen-bond donors (Lipinski definition) is 3. The van der Waals surface area contributed by atoms with E-state index in [2.05, 4.69) is 29.0 Å². The van der Waals surface area contributed by atoms with Crippen LogP contribution in [-0.2, 0) is 14.4 Å². The number of aromatic nitrogens is 1. The maximum atomic E-state index is 12.5. The largest absolute Gasteiger partial charge is 0.473 e. The molecule has 8 heteroatoms. The van der Waals surface area contributed by atoms with Gasteiger partial charge < -0.3 is 15.5 Å². The fourth-order valence-corrected chi connectivity index (χ4v) is 3.73. The van der Waals surface area contributed by atoms with E-state index in [0.29, 0.717) is 18.4 Å². The monoisotopic (exact) mass is 401 g/mol. The predicted molar refractivity (Wildman–Crippen MR) is 110 cm³/mol. The topological polar surface area (TPSA) is 120 Å². The number of amides is 1. The highest BCUT2D eigenvalue weighted by molar-refractivity contribution is 6.27. The van der Waals surface area contributed by atoms with Crippen molar-refractivity contribution in [2.24, 2.45) is 11.8 Å². The number of hydrogen-bond acceptors (Lipinski definition) is 5. The Labute approximate surface area is 169 Å². The second-order valence-electron chi connectivity index (χ2n) is 7.63. The van der Waals surface area contributed by atoms with E-state index >= 15 is 0 Å². The van der Waals surface area contributed by atoms with Crippen molar-refractivity contribution in [1.82, 2.24) is 9.88 Å². The summed E-state index contributed by atoms with van der Waals surface area (Å²) in [6, 6.07) is 9.87. The molecule has 0 saturated carbocycles. The smallest absolute Gasteiger partial charge is 0.414 e. The number of carboxylic acid groups (broad SMARTS) is 2. The van der Waals surface area contributed by atoms with Crippen LogP contribution in [0.4, 0.5) is 5.69 Å². The number of rotatable bonds is 3. The molecule has 8 nitrogen and oxygen atoms in total. The summed E-state index contributed by atoms with van der Waals surface area (Å²) >= 11 is 0. The van der Waals surface area contributed by atoms with Crippen LogP contribution in [-0.4, -0.2) is 57.6 Å². The maximum Gasteiger partial charge on any atom is 0.414 e. The van der Waals surface area contributed by atoms with Crippen LogP contribution in [0.25, 0.3) is 10.9 Å². The molecular weight excluding hydrogens is 374 g/mol. The molecule has 2 unspecified atom stereocenters.